The van der Waals surface area contributed by atoms with E-state index in [1.807, 2.05) is 0 Å². The van der Waals surface area contributed by atoms with Crippen LogP contribution in [0.15, 0.2) is 24.3 Å². The summed E-state index contributed by atoms with van der Waals surface area (Å²) in [4.78, 5) is 17.0. The predicted molar refractivity (Wildman–Crippen MR) is 84.1 cm³/mol. The number of carbonyl (C=O) groups excluding carboxylic acids is 1. The molecule has 1 aliphatic carbocycles. The third-order valence-corrected chi connectivity index (χ3v) is 4.35. The maximum atomic E-state index is 12.6. The summed E-state index contributed by atoms with van der Waals surface area (Å²) in [5, 5.41) is 3.33. The number of nitrogens with zero attached hydrogens (tertiary/aromatic N) is 2. The van der Waals surface area contributed by atoms with E-state index >= 15 is 0 Å². The van der Waals surface area contributed by atoms with Gasteiger partial charge in [0.2, 0.25) is 5.91 Å². The second-order valence-corrected chi connectivity index (χ2v) is 6.26. The number of piperazine rings is 1. The van der Waals surface area contributed by atoms with Gasteiger partial charge in [0.15, 0.2) is 0 Å². The summed E-state index contributed by atoms with van der Waals surface area (Å²) in [5.41, 5.74) is 2.50. The molecule has 21 heavy (non-hydrogen) atoms. The first-order valence-corrected chi connectivity index (χ1v) is 8.00. The van der Waals surface area contributed by atoms with Gasteiger partial charge >= 0.3 is 0 Å². The molecule has 0 unspecified atom stereocenters. The number of hydrogen-bond acceptors (Lipinski definition) is 3. The predicted octanol–water partition coefficient (Wildman–Crippen LogP) is 1.39. The van der Waals surface area contributed by atoms with Crippen LogP contribution in [0.2, 0.25) is 0 Å². The average molecular weight is 287 g/mol. The van der Waals surface area contributed by atoms with E-state index in [-0.39, 0.29) is 0 Å². The molecule has 3 rings (SSSR count). The summed E-state index contributed by atoms with van der Waals surface area (Å²) < 4.78 is 0. The van der Waals surface area contributed by atoms with Crippen molar-refractivity contribution in [3.8, 4) is 0 Å². The van der Waals surface area contributed by atoms with E-state index in [9.17, 15) is 4.79 Å². The number of rotatable bonds is 5. The van der Waals surface area contributed by atoms with Crippen LogP contribution in [-0.4, -0.2) is 54.5 Å². The van der Waals surface area contributed by atoms with Gasteiger partial charge in [0.05, 0.1) is 6.54 Å². The Morgan fingerprint density at radius 2 is 1.90 bits per heavy atom. The third kappa shape index (κ3) is 4.05. The summed E-state index contributed by atoms with van der Waals surface area (Å²) in [6, 6.07) is 9.01. The molecule has 1 amide bonds. The second-order valence-electron chi connectivity index (χ2n) is 6.26. The SMILES string of the molecule is Cc1ccc(CN(C(=O)CN2CCNCC2)C2CC2)cc1. The Morgan fingerprint density at radius 3 is 2.52 bits per heavy atom. The topological polar surface area (TPSA) is 35.6 Å². The van der Waals surface area contributed by atoms with Crippen molar-refractivity contribution in [2.75, 3.05) is 32.7 Å². The molecule has 1 aromatic carbocycles. The average Bonchev–Trinajstić information content (AvgIpc) is 3.32. The molecule has 1 heterocycles. The first-order valence-electron chi connectivity index (χ1n) is 8.00. The molecule has 1 aliphatic heterocycles. The molecule has 0 radical (unpaired) electrons. The van der Waals surface area contributed by atoms with Crippen molar-refractivity contribution in [3.05, 3.63) is 35.4 Å². The van der Waals surface area contributed by atoms with Gasteiger partial charge in [0, 0.05) is 38.8 Å². The highest BCUT2D eigenvalue weighted by Gasteiger charge is 2.33. The lowest BCUT2D eigenvalue weighted by Gasteiger charge is -2.30. The van der Waals surface area contributed by atoms with Gasteiger partial charge in [-0.15, -0.1) is 0 Å². The summed E-state index contributed by atoms with van der Waals surface area (Å²) in [5.74, 6) is 0.292. The molecule has 114 valence electrons. The minimum atomic E-state index is 0.292. The van der Waals surface area contributed by atoms with Gasteiger partial charge in [-0.3, -0.25) is 9.69 Å². The number of hydrogen-bond donors (Lipinski definition) is 1. The van der Waals surface area contributed by atoms with E-state index < -0.39 is 0 Å². The van der Waals surface area contributed by atoms with Crippen LogP contribution in [0.4, 0.5) is 0 Å². The Hall–Kier alpha value is -1.39. The molecule has 0 atom stereocenters. The minimum Gasteiger partial charge on any atom is -0.334 e. The third-order valence-electron chi connectivity index (χ3n) is 4.35. The molecular weight excluding hydrogens is 262 g/mol. The standard InChI is InChI=1S/C17H25N3O/c1-14-2-4-15(5-3-14)12-20(16-6-7-16)17(21)13-19-10-8-18-9-11-19/h2-5,16,18H,6-13H2,1H3. The number of aryl methyl sites for hydroxylation is 1. The highest BCUT2D eigenvalue weighted by atomic mass is 16.2. The normalized spacial score (nSPS) is 19.5. The van der Waals surface area contributed by atoms with E-state index in [0.717, 1.165) is 32.7 Å². The first-order chi connectivity index (χ1) is 10.2. The monoisotopic (exact) mass is 287 g/mol. The zero-order chi connectivity index (χ0) is 14.7. The van der Waals surface area contributed by atoms with E-state index in [0.29, 0.717) is 18.5 Å². The van der Waals surface area contributed by atoms with Gasteiger partial charge < -0.3 is 10.2 Å². The fourth-order valence-corrected chi connectivity index (χ4v) is 2.85. The lowest BCUT2D eigenvalue weighted by atomic mass is 10.1. The zero-order valence-corrected chi connectivity index (χ0v) is 12.8. The number of carbonyl (C=O) groups is 1. The van der Waals surface area contributed by atoms with Crippen molar-refractivity contribution < 1.29 is 4.79 Å². The van der Waals surface area contributed by atoms with Gasteiger partial charge in [0.1, 0.15) is 0 Å². The van der Waals surface area contributed by atoms with E-state index in [4.69, 9.17) is 0 Å². The van der Waals surface area contributed by atoms with Crippen molar-refractivity contribution >= 4 is 5.91 Å². The highest BCUT2D eigenvalue weighted by Crippen LogP contribution is 2.28. The maximum absolute atomic E-state index is 12.6. The van der Waals surface area contributed by atoms with E-state index in [1.165, 1.54) is 24.0 Å². The summed E-state index contributed by atoms with van der Waals surface area (Å²) in [6.07, 6.45) is 2.33. The van der Waals surface area contributed by atoms with Gasteiger partial charge in [-0.2, -0.15) is 0 Å². The van der Waals surface area contributed by atoms with Crippen LogP contribution in [0.3, 0.4) is 0 Å². The van der Waals surface area contributed by atoms with Gasteiger partial charge in [-0.1, -0.05) is 29.8 Å². The Kier molecular flexibility index (Phi) is 4.56. The molecule has 4 heteroatoms. The molecule has 1 N–H and O–H groups in total. The highest BCUT2D eigenvalue weighted by molar-refractivity contribution is 5.79. The van der Waals surface area contributed by atoms with Crippen LogP contribution in [0.5, 0.6) is 0 Å². The molecule has 1 aromatic rings. The van der Waals surface area contributed by atoms with Crippen LogP contribution in [-0.2, 0) is 11.3 Å². The Balaban J connectivity index is 1.60. The molecular formula is C17H25N3O. The van der Waals surface area contributed by atoms with Crippen LogP contribution < -0.4 is 5.32 Å². The molecule has 0 bridgehead atoms. The second kappa shape index (κ2) is 6.58. The smallest absolute Gasteiger partial charge is 0.237 e. The van der Waals surface area contributed by atoms with Gasteiger partial charge in [0.25, 0.3) is 0 Å². The summed E-state index contributed by atoms with van der Waals surface area (Å²) in [7, 11) is 0. The Morgan fingerprint density at radius 1 is 1.24 bits per heavy atom. The largest absolute Gasteiger partial charge is 0.334 e. The van der Waals surface area contributed by atoms with Crippen molar-refractivity contribution in [2.24, 2.45) is 0 Å². The number of benzene rings is 1. The fourth-order valence-electron chi connectivity index (χ4n) is 2.85. The van der Waals surface area contributed by atoms with Crippen LogP contribution >= 0.6 is 0 Å². The summed E-state index contributed by atoms with van der Waals surface area (Å²) in [6.45, 7) is 7.38. The van der Waals surface area contributed by atoms with Crippen LogP contribution in [0.25, 0.3) is 0 Å². The fraction of sp³-hybridized carbons (Fsp3) is 0.588. The molecule has 2 aliphatic rings. The number of amides is 1. The van der Waals surface area contributed by atoms with Crippen molar-refractivity contribution in [1.82, 2.24) is 15.1 Å². The minimum absolute atomic E-state index is 0.292. The molecule has 4 nitrogen and oxygen atoms in total. The molecule has 1 saturated heterocycles. The molecule has 2 fully saturated rings. The number of nitrogens with one attached hydrogen (secondary N) is 1. The molecule has 0 aromatic heterocycles. The van der Waals surface area contributed by atoms with Crippen LogP contribution in [0, 0.1) is 6.92 Å². The zero-order valence-electron chi connectivity index (χ0n) is 12.8. The Labute approximate surface area is 127 Å². The maximum Gasteiger partial charge on any atom is 0.237 e. The Bertz CT molecular complexity index is 475. The first kappa shape index (κ1) is 14.5. The molecule has 1 saturated carbocycles. The lowest BCUT2D eigenvalue weighted by Crippen LogP contribution is -2.48. The van der Waals surface area contributed by atoms with Crippen LogP contribution in [0.1, 0.15) is 24.0 Å². The molecule has 0 spiro atoms. The van der Waals surface area contributed by atoms with Gasteiger partial charge in [-0.05, 0) is 25.3 Å². The van der Waals surface area contributed by atoms with Crippen molar-refractivity contribution in [1.29, 1.82) is 0 Å². The quantitative estimate of drug-likeness (QED) is 0.889. The van der Waals surface area contributed by atoms with E-state index in [2.05, 4.69) is 46.3 Å². The lowest BCUT2D eigenvalue weighted by molar-refractivity contribution is -0.133. The van der Waals surface area contributed by atoms with E-state index in [1.54, 1.807) is 0 Å². The van der Waals surface area contributed by atoms with Crippen molar-refractivity contribution in [3.63, 3.8) is 0 Å². The van der Waals surface area contributed by atoms with Crippen molar-refractivity contribution in [2.45, 2.75) is 32.4 Å². The summed E-state index contributed by atoms with van der Waals surface area (Å²) >= 11 is 0. The van der Waals surface area contributed by atoms with Gasteiger partial charge in [-0.25, -0.2) is 0 Å².